The summed E-state index contributed by atoms with van der Waals surface area (Å²) in [6.45, 7) is 3.93. The summed E-state index contributed by atoms with van der Waals surface area (Å²) < 4.78 is 18.7. The van der Waals surface area contributed by atoms with Crippen molar-refractivity contribution in [1.29, 1.82) is 0 Å². The molecule has 2 heterocycles. The van der Waals surface area contributed by atoms with Crippen molar-refractivity contribution in [2.75, 3.05) is 12.4 Å². The summed E-state index contributed by atoms with van der Waals surface area (Å²) >= 11 is 1.61. The number of nitrogens with one attached hydrogen (secondary N) is 1. The van der Waals surface area contributed by atoms with Crippen LogP contribution in [0.5, 0.6) is 5.75 Å². The largest absolute Gasteiger partial charge is 0.497 e. The highest BCUT2D eigenvalue weighted by atomic mass is 32.1. The molecule has 0 radical (unpaired) electrons. The van der Waals surface area contributed by atoms with Gasteiger partial charge in [-0.2, -0.15) is 0 Å². The summed E-state index contributed by atoms with van der Waals surface area (Å²) in [5, 5.41) is 4.34. The van der Waals surface area contributed by atoms with Crippen LogP contribution in [-0.2, 0) is 0 Å². The number of hydrogen-bond donors (Lipinski definition) is 1. The van der Waals surface area contributed by atoms with Crippen LogP contribution in [0, 0.1) is 19.7 Å². The van der Waals surface area contributed by atoms with Crippen molar-refractivity contribution in [3.05, 3.63) is 65.0 Å². The van der Waals surface area contributed by atoms with Crippen LogP contribution >= 0.6 is 11.3 Å². The predicted octanol–water partition coefficient (Wildman–Crippen LogP) is 5.87. The van der Waals surface area contributed by atoms with Crippen molar-refractivity contribution in [3.8, 4) is 16.9 Å². The van der Waals surface area contributed by atoms with E-state index in [1.54, 1.807) is 30.6 Å². The van der Waals surface area contributed by atoms with E-state index in [0.29, 0.717) is 5.82 Å². The first kappa shape index (κ1) is 17.4. The number of anilines is 2. The number of aryl methyl sites for hydroxylation is 2. The summed E-state index contributed by atoms with van der Waals surface area (Å²) in [4.78, 5) is 11.3. The van der Waals surface area contributed by atoms with E-state index in [1.807, 2.05) is 31.2 Å². The first-order valence-corrected chi connectivity index (χ1v) is 9.31. The Hall–Kier alpha value is -2.99. The molecule has 0 atom stereocenters. The van der Waals surface area contributed by atoms with Crippen LogP contribution in [0.2, 0.25) is 0 Å². The molecule has 6 heteroatoms. The van der Waals surface area contributed by atoms with Gasteiger partial charge in [0.1, 0.15) is 28.0 Å². The number of aromatic nitrogens is 2. The Morgan fingerprint density at radius 3 is 2.56 bits per heavy atom. The third-order valence-electron chi connectivity index (χ3n) is 4.30. The molecule has 2 aromatic heterocycles. The maximum absolute atomic E-state index is 13.4. The molecule has 0 spiro atoms. The standard InChI is InChI=1S/C21H18FN3OS/c1-12-18(14-7-9-15(22)10-8-14)19-20(23-13(2)24-21(19)27-12)25-16-5-4-6-17(11-16)26-3/h4-11H,1-3H3,(H,23,24,25). The zero-order chi connectivity index (χ0) is 19.0. The Labute approximate surface area is 160 Å². The zero-order valence-electron chi connectivity index (χ0n) is 15.2. The topological polar surface area (TPSA) is 47.0 Å². The lowest BCUT2D eigenvalue weighted by Crippen LogP contribution is -1.99. The average Bonchev–Trinajstić information content (AvgIpc) is 2.98. The highest BCUT2D eigenvalue weighted by Gasteiger charge is 2.18. The number of hydrogen-bond acceptors (Lipinski definition) is 5. The summed E-state index contributed by atoms with van der Waals surface area (Å²) in [6.07, 6.45) is 0. The second-order valence-electron chi connectivity index (χ2n) is 6.20. The second kappa shape index (κ2) is 6.96. The molecule has 0 amide bonds. The van der Waals surface area contributed by atoms with E-state index in [2.05, 4.69) is 22.2 Å². The molecule has 0 saturated heterocycles. The number of benzene rings is 2. The molecule has 4 nitrogen and oxygen atoms in total. The Bertz CT molecular complexity index is 1120. The summed E-state index contributed by atoms with van der Waals surface area (Å²) in [6, 6.07) is 14.2. The van der Waals surface area contributed by atoms with Crippen molar-refractivity contribution >= 4 is 33.1 Å². The van der Waals surface area contributed by atoms with E-state index >= 15 is 0 Å². The van der Waals surface area contributed by atoms with Gasteiger partial charge in [0.2, 0.25) is 0 Å². The van der Waals surface area contributed by atoms with Crippen molar-refractivity contribution in [2.45, 2.75) is 13.8 Å². The van der Waals surface area contributed by atoms with Gasteiger partial charge in [0.25, 0.3) is 0 Å². The highest BCUT2D eigenvalue weighted by Crippen LogP contribution is 2.41. The lowest BCUT2D eigenvalue weighted by Gasteiger charge is -2.11. The molecular weight excluding hydrogens is 361 g/mol. The van der Waals surface area contributed by atoms with Gasteiger partial charge in [0.05, 0.1) is 12.5 Å². The van der Waals surface area contributed by atoms with Gasteiger partial charge in [-0.05, 0) is 43.7 Å². The molecule has 0 fully saturated rings. The van der Waals surface area contributed by atoms with Gasteiger partial charge < -0.3 is 10.1 Å². The SMILES string of the molecule is COc1cccc(Nc2nc(C)nc3sc(C)c(-c4ccc(F)cc4)c23)c1. The Morgan fingerprint density at radius 1 is 1.04 bits per heavy atom. The van der Waals surface area contributed by atoms with Crippen LogP contribution < -0.4 is 10.1 Å². The first-order valence-electron chi connectivity index (χ1n) is 8.50. The van der Waals surface area contributed by atoms with Gasteiger partial charge in [-0.25, -0.2) is 14.4 Å². The van der Waals surface area contributed by atoms with E-state index in [0.717, 1.165) is 43.5 Å². The Kier molecular flexibility index (Phi) is 4.49. The monoisotopic (exact) mass is 379 g/mol. The molecule has 27 heavy (non-hydrogen) atoms. The maximum Gasteiger partial charge on any atom is 0.143 e. The third kappa shape index (κ3) is 3.36. The minimum absolute atomic E-state index is 0.252. The zero-order valence-corrected chi connectivity index (χ0v) is 16.0. The van der Waals surface area contributed by atoms with Gasteiger partial charge in [-0.1, -0.05) is 18.2 Å². The quantitative estimate of drug-likeness (QED) is 0.482. The number of thiophene rings is 1. The fourth-order valence-corrected chi connectivity index (χ4v) is 4.20. The molecule has 0 aliphatic carbocycles. The molecule has 0 bridgehead atoms. The summed E-state index contributed by atoms with van der Waals surface area (Å²) in [5.41, 5.74) is 2.85. The number of nitrogens with zero attached hydrogens (tertiary/aromatic N) is 2. The summed E-state index contributed by atoms with van der Waals surface area (Å²) in [7, 11) is 1.64. The lowest BCUT2D eigenvalue weighted by molar-refractivity contribution is 0.415. The fourth-order valence-electron chi connectivity index (χ4n) is 3.11. The minimum Gasteiger partial charge on any atom is -0.497 e. The van der Waals surface area contributed by atoms with E-state index in [4.69, 9.17) is 4.74 Å². The fraction of sp³-hybridized carbons (Fsp3) is 0.143. The van der Waals surface area contributed by atoms with Crippen LogP contribution in [-0.4, -0.2) is 17.1 Å². The van der Waals surface area contributed by atoms with Gasteiger partial charge in [0, 0.05) is 22.2 Å². The van der Waals surface area contributed by atoms with Gasteiger partial charge in [-0.15, -0.1) is 11.3 Å². The Morgan fingerprint density at radius 2 is 1.81 bits per heavy atom. The minimum atomic E-state index is -0.252. The predicted molar refractivity (Wildman–Crippen MR) is 109 cm³/mol. The van der Waals surface area contributed by atoms with Crippen LogP contribution in [0.3, 0.4) is 0 Å². The first-order chi connectivity index (χ1) is 13.0. The lowest BCUT2D eigenvalue weighted by atomic mass is 10.0. The second-order valence-corrected chi connectivity index (χ2v) is 7.40. The normalized spacial score (nSPS) is 11.0. The molecule has 4 rings (SSSR count). The van der Waals surface area contributed by atoms with Crippen LogP contribution in [0.15, 0.2) is 48.5 Å². The van der Waals surface area contributed by atoms with E-state index < -0.39 is 0 Å². The molecule has 0 aliphatic heterocycles. The van der Waals surface area contributed by atoms with Gasteiger partial charge in [-0.3, -0.25) is 0 Å². The van der Waals surface area contributed by atoms with Crippen molar-refractivity contribution in [2.24, 2.45) is 0 Å². The number of methoxy groups -OCH3 is 1. The van der Waals surface area contributed by atoms with E-state index in [1.165, 1.54) is 12.1 Å². The molecule has 136 valence electrons. The summed E-state index contributed by atoms with van der Waals surface area (Å²) in [5.74, 6) is 1.94. The van der Waals surface area contributed by atoms with Crippen molar-refractivity contribution in [1.82, 2.24) is 9.97 Å². The van der Waals surface area contributed by atoms with Gasteiger partial charge in [0.15, 0.2) is 0 Å². The molecule has 0 aliphatic rings. The number of rotatable bonds is 4. The van der Waals surface area contributed by atoms with Gasteiger partial charge >= 0.3 is 0 Å². The molecular formula is C21H18FN3OS. The van der Waals surface area contributed by atoms with Crippen molar-refractivity contribution < 1.29 is 9.13 Å². The molecule has 2 aromatic carbocycles. The van der Waals surface area contributed by atoms with Crippen molar-refractivity contribution in [3.63, 3.8) is 0 Å². The van der Waals surface area contributed by atoms with E-state index in [9.17, 15) is 4.39 Å². The van der Waals surface area contributed by atoms with E-state index in [-0.39, 0.29) is 5.82 Å². The molecule has 0 unspecified atom stereocenters. The smallest absolute Gasteiger partial charge is 0.143 e. The number of fused-ring (bicyclic) bond motifs is 1. The van der Waals surface area contributed by atoms with Crippen LogP contribution in [0.25, 0.3) is 21.3 Å². The molecule has 0 saturated carbocycles. The Balaban J connectivity index is 1.90. The van der Waals surface area contributed by atoms with Crippen LogP contribution in [0.4, 0.5) is 15.9 Å². The maximum atomic E-state index is 13.4. The van der Waals surface area contributed by atoms with Crippen LogP contribution in [0.1, 0.15) is 10.7 Å². The average molecular weight is 379 g/mol. The third-order valence-corrected chi connectivity index (χ3v) is 5.30. The molecule has 4 aromatic rings. The number of halogens is 1. The highest BCUT2D eigenvalue weighted by molar-refractivity contribution is 7.19. The number of ether oxygens (including phenoxy) is 1. The molecule has 1 N–H and O–H groups in total.